The third kappa shape index (κ3) is 30.2. The standard InChI is InChI=1S/C10H12N2O2S.C4H8FNOS.C3H6FNOS.C2H6/c11-9(13)6-15-7-12-10(14)8-4-2-1-3-5-8;5-1-2-8-3-4(6)7;4-2-7-1-3(5)6;1-2/h1-5H,6-7H2,(H2,11,13)(H,12,14);1-3H2,(H2,6,7);1-2H2,(H2,5,6);1-2H3/p-3/i;5-1;4-1;. The van der Waals surface area contributed by atoms with Gasteiger partial charge < -0.3 is 36.9 Å². The molecule has 4 N–H and O–H groups in total. The predicted octanol–water partition coefficient (Wildman–Crippen LogP) is 1.48. The number of rotatable bonds is 12. The monoisotopic (exact) mass is 509 g/mol. The molecule has 0 bridgehead atoms. The van der Waals surface area contributed by atoms with Crippen LogP contribution < -0.4 is 20.6 Å². The summed E-state index contributed by atoms with van der Waals surface area (Å²) < 4.78 is 22.3. The summed E-state index contributed by atoms with van der Waals surface area (Å²) in [5, 5.41) is 51.7. The Bertz CT molecular complexity index is 630. The molecule has 13 heteroatoms. The first-order valence-corrected chi connectivity index (χ1v) is 12.6. The molecule has 0 fully saturated rings. The zero-order valence-corrected chi connectivity index (χ0v) is 20.4. The Morgan fingerprint density at radius 3 is 1.75 bits per heavy atom. The maximum absolute atomic E-state index is 11.4. The van der Waals surface area contributed by atoms with Gasteiger partial charge in [0.05, 0.1) is 12.6 Å². The SMILES string of the molecule is CC.N=C([O-])CSCC[18F].N=C([O-])CSCNC(=O)c1ccccc1.N=C([O-])CSC[18F]. The summed E-state index contributed by atoms with van der Waals surface area (Å²) >= 11 is 3.18. The van der Waals surface area contributed by atoms with Crippen molar-refractivity contribution in [1.29, 1.82) is 16.2 Å². The number of nitrogens with one attached hydrogen (secondary N) is 4. The fourth-order valence-corrected chi connectivity index (χ4v) is 2.52. The van der Waals surface area contributed by atoms with Crippen molar-refractivity contribution >= 4 is 58.9 Å². The van der Waals surface area contributed by atoms with E-state index in [1.807, 2.05) is 19.9 Å². The second kappa shape index (κ2) is 27.0. The van der Waals surface area contributed by atoms with E-state index >= 15 is 0 Å². The molecule has 0 saturated heterocycles. The van der Waals surface area contributed by atoms with Crippen LogP contribution in [0.15, 0.2) is 30.3 Å². The van der Waals surface area contributed by atoms with Crippen LogP contribution in [-0.4, -0.2) is 65.2 Å². The largest absolute Gasteiger partial charge is 0.862 e. The van der Waals surface area contributed by atoms with Gasteiger partial charge in [0.2, 0.25) is 0 Å². The molecular weight excluding hydrogens is 480 g/mol. The maximum Gasteiger partial charge on any atom is 0.251 e. The predicted molar refractivity (Wildman–Crippen MR) is 127 cm³/mol. The zero-order chi connectivity index (χ0) is 25.2. The van der Waals surface area contributed by atoms with Gasteiger partial charge in [-0.2, -0.15) is 11.8 Å². The van der Waals surface area contributed by atoms with Crippen LogP contribution in [0.2, 0.25) is 0 Å². The average molecular weight is 510 g/mol. The Balaban J connectivity index is -0.000000420. The molecule has 0 saturated carbocycles. The lowest BCUT2D eigenvalue weighted by atomic mass is 10.2. The van der Waals surface area contributed by atoms with Crippen molar-refractivity contribution in [3.63, 3.8) is 0 Å². The number of benzene rings is 1. The zero-order valence-electron chi connectivity index (χ0n) is 18.0. The minimum Gasteiger partial charge on any atom is -0.862 e. The minimum atomic E-state index is -0.720. The number of alkyl halides is 2. The number of carbonyl (C=O) groups is 1. The molecule has 8 nitrogen and oxygen atoms in total. The molecule has 0 heterocycles. The number of thioether (sulfide) groups is 3. The highest BCUT2D eigenvalue weighted by molar-refractivity contribution is 8.00. The number of halogens is 2. The second-order valence-electron chi connectivity index (χ2n) is 4.83. The minimum absolute atomic E-state index is 0.0312. The maximum atomic E-state index is 11.4. The van der Waals surface area contributed by atoms with Crippen LogP contribution in [0.5, 0.6) is 0 Å². The van der Waals surface area contributed by atoms with Gasteiger partial charge in [-0.05, 0) is 29.8 Å². The molecule has 1 rings (SSSR count). The normalized spacial score (nSPS) is 8.88. The lowest BCUT2D eigenvalue weighted by Crippen LogP contribution is -2.25. The van der Waals surface area contributed by atoms with E-state index in [-0.39, 0.29) is 23.2 Å². The molecule has 1 aromatic rings. The fraction of sp³-hybridized carbons (Fsp3) is 0.474. The molecule has 0 aliphatic rings. The first kappa shape index (κ1) is 34.6. The number of amides is 1. The third-order valence-corrected chi connectivity index (χ3v) is 4.71. The van der Waals surface area contributed by atoms with Crippen molar-refractivity contribution < 1.29 is 28.9 Å². The van der Waals surface area contributed by atoms with Gasteiger partial charge in [-0.25, -0.2) is 4.39 Å². The first-order valence-electron chi connectivity index (χ1n) is 9.16. The van der Waals surface area contributed by atoms with Crippen molar-refractivity contribution in [3.05, 3.63) is 35.9 Å². The van der Waals surface area contributed by atoms with E-state index in [2.05, 4.69) is 5.32 Å². The van der Waals surface area contributed by atoms with Crippen molar-refractivity contribution in [1.82, 2.24) is 5.32 Å². The van der Waals surface area contributed by atoms with Crippen molar-refractivity contribution in [2.24, 2.45) is 0 Å². The molecule has 0 aliphatic heterocycles. The molecule has 0 spiro atoms. The topological polar surface area (TPSA) is 170 Å². The Labute approximate surface area is 200 Å². The summed E-state index contributed by atoms with van der Waals surface area (Å²) in [6, 6.07) is 8.27. The van der Waals surface area contributed by atoms with Crippen LogP contribution in [0, 0.1) is 16.2 Å². The summed E-state index contributed by atoms with van der Waals surface area (Å²) in [6.45, 7) is 3.58. The average Bonchev–Trinajstić information content (AvgIpc) is 2.78. The van der Waals surface area contributed by atoms with Gasteiger partial charge in [-0.1, -0.05) is 32.0 Å². The fourth-order valence-electron chi connectivity index (χ4n) is 1.30. The highest BCUT2D eigenvalue weighted by Crippen LogP contribution is 2.00. The van der Waals surface area contributed by atoms with E-state index in [0.717, 1.165) is 23.5 Å². The Kier molecular flexibility index (Phi) is 29.3. The van der Waals surface area contributed by atoms with Gasteiger partial charge in [0, 0.05) is 28.6 Å². The van der Waals surface area contributed by atoms with Gasteiger partial charge in [0.25, 0.3) is 5.91 Å². The van der Waals surface area contributed by atoms with Gasteiger partial charge in [-0.3, -0.25) is 9.18 Å². The molecule has 0 radical (unpaired) electrons. The highest BCUT2D eigenvalue weighted by atomic mass is 32.2. The number of carbonyl (C=O) groups excluding carboxylic acids is 1. The van der Waals surface area contributed by atoms with Crippen LogP contribution in [0.25, 0.3) is 0 Å². The Morgan fingerprint density at radius 2 is 1.34 bits per heavy atom. The summed E-state index contributed by atoms with van der Waals surface area (Å²) in [5.74, 6) is -1.29. The number of hydrogen-bond acceptors (Lipinski definition) is 10. The molecule has 0 aliphatic carbocycles. The Hall–Kier alpha value is -1.99. The lowest BCUT2D eigenvalue weighted by Gasteiger charge is -2.07. The van der Waals surface area contributed by atoms with Gasteiger partial charge in [0.15, 0.2) is 0 Å². The van der Waals surface area contributed by atoms with E-state index < -0.39 is 30.4 Å². The quantitative estimate of drug-likeness (QED) is 0.143. The van der Waals surface area contributed by atoms with E-state index in [1.54, 1.807) is 24.3 Å². The molecule has 32 heavy (non-hydrogen) atoms. The molecule has 0 unspecified atom stereocenters. The van der Waals surface area contributed by atoms with Crippen LogP contribution in [0.3, 0.4) is 0 Å². The molecule has 0 atom stereocenters. The van der Waals surface area contributed by atoms with E-state index in [4.69, 9.17) is 16.2 Å². The van der Waals surface area contributed by atoms with E-state index in [1.165, 1.54) is 11.8 Å². The van der Waals surface area contributed by atoms with Crippen LogP contribution >= 0.6 is 35.3 Å². The first-order chi connectivity index (χ1) is 15.2. The van der Waals surface area contributed by atoms with Gasteiger partial charge in [-0.15, -0.1) is 23.5 Å². The van der Waals surface area contributed by atoms with Crippen LogP contribution in [0.1, 0.15) is 24.2 Å². The Morgan fingerprint density at radius 1 is 0.875 bits per heavy atom. The summed E-state index contributed by atoms with van der Waals surface area (Å²) in [5.41, 5.74) is 0.593. The van der Waals surface area contributed by atoms with E-state index in [9.17, 15) is 28.9 Å². The van der Waals surface area contributed by atoms with Crippen molar-refractivity contribution in [2.75, 3.05) is 41.6 Å². The smallest absolute Gasteiger partial charge is 0.251 e. The summed E-state index contributed by atoms with van der Waals surface area (Å²) in [4.78, 5) is 11.4. The molecule has 0 aromatic heterocycles. The van der Waals surface area contributed by atoms with Crippen LogP contribution in [-0.2, 0) is 0 Å². The molecular formula is C19H29F2N4O4S3-3. The number of hydrogen-bond donors (Lipinski definition) is 4. The molecule has 1 amide bonds. The summed E-state index contributed by atoms with van der Waals surface area (Å²) in [6.07, 6.45) is 0. The van der Waals surface area contributed by atoms with E-state index in [0.29, 0.717) is 17.2 Å². The van der Waals surface area contributed by atoms with Crippen molar-refractivity contribution in [2.45, 2.75) is 13.8 Å². The second-order valence-corrected chi connectivity index (χ2v) is 7.84. The van der Waals surface area contributed by atoms with Gasteiger partial charge >= 0.3 is 0 Å². The molecule has 1 aromatic carbocycles. The lowest BCUT2D eigenvalue weighted by molar-refractivity contribution is -0.217. The highest BCUT2D eigenvalue weighted by Gasteiger charge is 2.02. The molecule has 184 valence electrons. The summed E-state index contributed by atoms with van der Waals surface area (Å²) in [7, 11) is 0. The van der Waals surface area contributed by atoms with Crippen LogP contribution in [0.4, 0.5) is 8.78 Å². The third-order valence-electron chi connectivity index (χ3n) is 2.37. The van der Waals surface area contributed by atoms with Crippen molar-refractivity contribution in [3.8, 4) is 0 Å². The van der Waals surface area contributed by atoms with Gasteiger partial charge in [0.1, 0.15) is 6.01 Å².